The van der Waals surface area contributed by atoms with Crippen LogP contribution in [0.1, 0.15) is 34.5 Å². The first-order chi connectivity index (χ1) is 20.7. The molecule has 0 radical (unpaired) electrons. The van der Waals surface area contributed by atoms with Crippen molar-refractivity contribution >= 4 is 23.3 Å². The summed E-state index contributed by atoms with van der Waals surface area (Å²) in [6.07, 6.45) is 5.72. The van der Waals surface area contributed by atoms with E-state index in [2.05, 4.69) is 51.0 Å². The van der Waals surface area contributed by atoms with Gasteiger partial charge < -0.3 is 25.2 Å². The minimum atomic E-state index is -0.296. The number of morpholine rings is 1. The van der Waals surface area contributed by atoms with Crippen molar-refractivity contribution in [3.63, 3.8) is 0 Å². The normalized spacial score (nSPS) is 14.0. The fourth-order valence-corrected chi connectivity index (χ4v) is 5.13. The van der Waals surface area contributed by atoms with E-state index >= 15 is 0 Å². The summed E-state index contributed by atoms with van der Waals surface area (Å²) in [5, 5.41) is 10.4. The average molecular weight is 582 g/mol. The number of rotatable bonds is 9. The lowest BCUT2D eigenvalue weighted by atomic mass is 9.95. The molecule has 1 aliphatic rings. The number of amides is 2. The third-order valence-electron chi connectivity index (χ3n) is 7.48. The van der Waals surface area contributed by atoms with Gasteiger partial charge in [-0.15, -0.1) is 0 Å². The minimum absolute atomic E-state index is 0.138. The van der Waals surface area contributed by atoms with E-state index in [9.17, 15) is 9.59 Å². The molecular formula is C33H39N7O3. The van der Waals surface area contributed by atoms with Gasteiger partial charge >= 0.3 is 0 Å². The topological polar surface area (TPSA) is 105 Å². The summed E-state index contributed by atoms with van der Waals surface area (Å²) in [5.41, 5.74) is 6.85. The van der Waals surface area contributed by atoms with Crippen LogP contribution in [0.3, 0.4) is 0 Å². The van der Waals surface area contributed by atoms with Crippen LogP contribution < -0.4 is 15.5 Å². The Balaban J connectivity index is 1.40. The molecule has 2 aromatic heterocycles. The predicted molar refractivity (Wildman–Crippen MR) is 169 cm³/mol. The molecule has 0 saturated carbocycles. The highest BCUT2D eigenvalue weighted by Crippen LogP contribution is 2.31. The molecule has 224 valence electrons. The Hall–Kier alpha value is -4.54. The number of carbonyl (C=O) groups excluding carboxylic acids is 2. The number of hydrogen-bond donors (Lipinski definition) is 2. The van der Waals surface area contributed by atoms with Crippen molar-refractivity contribution in [2.24, 2.45) is 7.05 Å². The molecule has 3 heterocycles. The maximum Gasteiger partial charge on any atom is 0.252 e. The molecule has 1 fully saturated rings. The third-order valence-corrected chi connectivity index (χ3v) is 7.48. The van der Waals surface area contributed by atoms with Gasteiger partial charge in [-0.25, -0.2) is 4.98 Å². The molecule has 0 aliphatic carbocycles. The zero-order valence-electron chi connectivity index (χ0n) is 25.4. The van der Waals surface area contributed by atoms with Crippen LogP contribution in [0.15, 0.2) is 67.1 Å². The SMILES string of the molecule is Cc1ccc(NC(=O)CN(C)C)cc1C(=O)N[C@H](C)c1cc(-c2ccc(N3CCOCC3)nc2)cc(-c2cnn(C)c2)c1. The van der Waals surface area contributed by atoms with Gasteiger partial charge in [-0.1, -0.05) is 6.07 Å². The molecule has 2 N–H and O–H groups in total. The second kappa shape index (κ2) is 13.2. The standard InChI is InChI=1S/C33H39N7O3/c1-22-6-8-29(37-32(41)21-38(3)4)17-30(22)33(42)36-23(2)25-14-26(16-27(15-25)28-19-35-39(5)20-28)24-7-9-31(34-18-24)40-10-12-43-13-11-40/h6-9,14-20,23H,10-13,21H2,1-5H3,(H,36,42)(H,37,41)/t23-/m1/s1. The van der Waals surface area contributed by atoms with E-state index in [-0.39, 0.29) is 24.4 Å². The van der Waals surface area contributed by atoms with Crippen LogP contribution in [-0.2, 0) is 16.6 Å². The van der Waals surface area contributed by atoms with Gasteiger partial charge in [0.2, 0.25) is 5.91 Å². The van der Waals surface area contributed by atoms with Gasteiger partial charge in [0.15, 0.2) is 0 Å². The molecular weight excluding hydrogens is 542 g/mol. The Kier molecular flexibility index (Phi) is 9.18. The number of hydrogen-bond acceptors (Lipinski definition) is 7. The first-order valence-corrected chi connectivity index (χ1v) is 14.5. The van der Waals surface area contributed by atoms with E-state index < -0.39 is 0 Å². The second-order valence-corrected chi connectivity index (χ2v) is 11.3. The van der Waals surface area contributed by atoms with E-state index in [1.807, 2.05) is 65.7 Å². The molecule has 5 rings (SSSR count). The molecule has 0 spiro atoms. The lowest BCUT2D eigenvalue weighted by Gasteiger charge is -2.27. The number of likely N-dealkylation sites (N-methyl/N-ethyl adjacent to an activating group) is 1. The number of nitrogens with one attached hydrogen (secondary N) is 2. The van der Waals surface area contributed by atoms with Crippen molar-refractivity contribution in [3.05, 3.63) is 83.8 Å². The van der Waals surface area contributed by atoms with Gasteiger partial charge in [-0.05, 0) is 92.7 Å². The van der Waals surface area contributed by atoms with E-state index in [0.717, 1.165) is 52.3 Å². The minimum Gasteiger partial charge on any atom is -0.378 e. The van der Waals surface area contributed by atoms with E-state index in [0.29, 0.717) is 24.5 Å². The Morgan fingerprint density at radius 2 is 1.72 bits per heavy atom. The fraction of sp³-hybridized carbons (Fsp3) is 0.333. The van der Waals surface area contributed by atoms with Crippen LogP contribution in [-0.4, -0.2) is 78.4 Å². The molecule has 0 bridgehead atoms. The predicted octanol–water partition coefficient (Wildman–Crippen LogP) is 4.29. The lowest BCUT2D eigenvalue weighted by Crippen LogP contribution is -2.36. The maximum absolute atomic E-state index is 13.5. The van der Waals surface area contributed by atoms with Crippen molar-refractivity contribution in [2.45, 2.75) is 19.9 Å². The molecule has 10 nitrogen and oxygen atoms in total. The summed E-state index contributed by atoms with van der Waals surface area (Å²) in [5.74, 6) is 0.589. The zero-order valence-corrected chi connectivity index (χ0v) is 25.4. The van der Waals surface area contributed by atoms with Crippen LogP contribution in [0.2, 0.25) is 0 Å². The Labute approximate surface area is 252 Å². The van der Waals surface area contributed by atoms with E-state index in [1.54, 1.807) is 15.6 Å². The average Bonchev–Trinajstić information content (AvgIpc) is 3.44. The monoisotopic (exact) mass is 581 g/mol. The van der Waals surface area contributed by atoms with Crippen molar-refractivity contribution in [1.82, 2.24) is 25.0 Å². The Morgan fingerprint density at radius 3 is 2.37 bits per heavy atom. The molecule has 0 unspecified atom stereocenters. The first-order valence-electron chi connectivity index (χ1n) is 14.5. The Bertz CT molecular complexity index is 1590. The fourth-order valence-electron chi connectivity index (χ4n) is 5.13. The van der Waals surface area contributed by atoms with Gasteiger partial charge in [0, 0.05) is 54.9 Å². The van der Waals surface area contributed by atoms with Gasteiger partial charge in [-0.2, -0.15) is 5.10 Å². The van der Waals surface area contributed by atoms with Crippen molar-refractivity contribution in [2.75, 3.05) is 57.2 Å². The van der Waals surface area contributed by atoms with Crippen LogP contribution in [0.25, 0.3) is 22.3 Å². The highest BCUT2D eigenvalue weighted by atomic mass is 16.5. The summed E-state index contributed by atoms with van der Waals surface area (Å²) in [6, 6.07) is 15.5. The number of carbonyl (C=O) groups is 2. The van der Waals surface area contributed by atoms with Crippen LogP contribution >= 0.6 is 0 Å². The smallest absolute Gasteiger partial charge is 0.252 e. The van der Waals surface area contributed by atoms with Gasteiger partial charge in [0.25, 0.3) is 5.91 Å². The van der Waals surface area contributed by atoms with Crippen LogP contribution in [0.4, 0.5) is 11.5 Å². The lowest BCUT2D eigenvalue weighted by molar-refractivity contribution is -0.116. The molecule has 1 saturated heterocycles. The number of aryl methyl sites for hydroxylation is 2. The van der Waals surface area contributed by atoms with Crippen molar-refractivity contribution in [1.29, 1.82) is 0 Å². The highest BCUT2D eigenvalue weighted by molar-refractivity contribution is 5.99. The Morgan fingerprint density at radius 1 is 0.977 bits per heavy atom. The molecule has 2 amide bonds. The number of nitrogens with zero attached hydrogens (tertiary/aromatic N) is 5. The highest BCUT2D eigenvalue weighted by Gasteiger charge is 2.18. The van der Waals surface area contributed by atoms with Gasteiger partial charge in [0.05, 0.1) is 32.0 Å². The van der Waals surface area contributed by atoms with Gasteiger partial charge in [0.1, 0.15) is 5.82 Å². The first kappa shape index (κ1) is 29.9. The zero-order chi connectivity index (χ0) is 30.5. The second-order valence-electron chi connectivity index (χ2n) is 11.3. The summed E-state index contributed by atoms with van der Waals surface area (Å²) in [7, 11) is 5.56. The largest absolute Gasteiger partial charge is 0.378 e. The molecule has 1 atom stereocenters. The molecule has 4 aromatic rings. The van der Waals surface area contributed by atoms with E-state index in [1.165, 1.54) is 0 Å². The third kappa shape index (κ3) is 7.46. The number of anilines is 2. The number of benzene rings is 2. The van der Waals surface area contributed by atoms with Crippen molar-refractivity contribution < 1.29 is 14.3 Å². The number of pyridine rings is 1. The summed E-state index contributed by atoms with van der Waals surface area (Å²) in [6.45, 7) is 7.19. The van der Waals surface area contributed by atoms with Crippen molar-refractivity contribution in [3.8, 4) is 22.3 Å². The molecule has 1 aliphatic heterocycles. The molecule has 10 heteroatoms. The molecule has 2 aromatic carbocycles. The summed E-state index contributed by atoms with van der Waals surface area (Å²) in [4.78, 5) is 34.6. The van der Waals surface area contributed by atoms with E-state index in [4.69, 9.17) is 9.72 Å². The summed E-state index contributed by atoms with van der Waals surface area (Å²) < 4.78 is 7.25. The van der Waals surface area contributed by atoms with Crippen LogP contribution in [0, 0.1) is 6.92 Å². The van der Waals surface area contributed by atoms with Crippen LogP contribution in [0.5, 0.6) is 0 Å². The maximum atomic E-state index is 13.5. The molecule has 43 heavy (non-hydrogen) atoms. The van der Waals surface area contributed by atoms with Gasteiger partial charge in [-0.3, -0.25) is 14.3 Å². The number of aromatic nitrogens is 3. The number of ether oxygens (including phenoxy) is 1. The summed E-state index contributed by atoms with van der Waals surface area (Å²) >= 11 is 0. The quantitative estimate of drug-likeness (QED) is 0.304.